The molecule has 1 saturated carbocycles. The molecule has 24 heteroatoms. The number of carbonyl (C=O) groups is 1. The highest BCUT2D eigenvalue weighted by atomic mass is 35.5. The van der Waals surface area contributed by atoms with Crippen LogP contribution in [0, 0.1) is 17.6 Å². The number of alkyl halides is 6. The number of amides is 1. The lowest BCUT2D eigenvalue weighted by atomic mass is 10.0. The van der Waals surface area contributed by atoms with Crippen molar-refractivity contribution < 1.29 is 53.1 Å². The summed E-state index contributed by atoms with van der Waals surface area (Å²) in [6.45, 7) is -0.879. The lowest BCUT2D eigenvalue weighted by Gasteiger charge is -2.24. The van der Waals surface area contributed by atoms with Crippen LogP contribution in [0.5, 0.6) is 5.88 Å². The number of halogens is 9. The molecule has 2 aliphatic carbocycles. The van der Waals surface area contributed by atoms with Crippen molar-refractivity contribution in [2.45, 2.75) is 63.0 Å². The number of sulfonamides is 1. The lowest BCUT2D eigenvalue weighted by Crippen LogP contribution is -2.38. The van der Waals surface area contributed by atoms with E-state index in [2.05, 4.69) is 30.2 Å². The van der Waals surface area contributed by atoms with Gasteiger partial charge >= 0.3 is 0 Å². The summed E-state index contributed by atoms with van der Waals surface area (Å²) in [6, 6.07) is 5.81. The Bertz CT molecular complexity index is 2970. The Kier molecular flexibility index (Phi) is 10.5. The maximum absolute atomic E-state index is 15.5. The third-order valence-corrected chi connectivity index (χ3v) is 11.3. The summed E-state index contributed by atoms with van der Waals surface area (Å²) in [5.41, 5.74) is -3.54. The van der Waals surface area contributed by atoms with Gasteiger partial charge in [0, 0.05) is 43.5 Å². The summed E-state index contributed by atoms with van der Waals surface area (Å²) < 4.78 is 151. The van der Waals surface area contributed by atoms with Gasteiger partial charge < -0.3 is 10.1 Å². The number of rotatable bonds is 14. The van der Waals surface area contributed by atoms with Crippen LogP contribution in [-0.4, -0.2) is 67.2 Å². The Labute approximate surface area is 349 Å². The van der Waals surface area contributed by atoms with Crippen molar-refractivity contribution in [2.75, 3.05) is 17.6 Å². The first-order chi connectivity index (χ1) is 29.0. The lowest BCUT2D eigenvalue weighted by molar-refractivity contribution is -0.123. The number of carbonyl (C=O) groups excluding carboxylic acids is 1. The molecule has 0 spiro atoms. The summed E-state index contributed by atoms with van der Waals surface area (Å²) in [7, 11) is -2.56. The highest BCUT2D eigenvalue weighted by molar-refractivity contribution is 7.92. The zero-order valence-electron chi connectivity index (χ0n) is 32.4. The first-order valence-corrected chi connectivity index (χ1v) is 20.9. The molecule has 2 aliphatic rings. The quantitative estimate of drug-likeness (QED) is 0.111. The van der Waals surface area contributed by atoms with E-state index in [1.54, 1.807) is 0 Å². The molecule has 14 nitrogen and oxygen atoms in total. The van der Waals surface area contributed by atoms with Crippen LogP contribution in [-0.2, 0) is 40.8 Å². The van der Waals surface area contributed by atoms with Crippen LogP contribution in [0.4, 0.5) is 40.9 Å². The van der Waals surface area contributed by atoms with Gasteiger partial charge in [-0.3, -0.25) is 28.2 Å². The van der Waals surface area contributed by atoms with Gasteiger partial charge in [0.1, 0.15) is 35.4 Å². The van der Waals surface area contributed by atoms with E-state index in [9.17, 15) is 44.3 Å². The number of benzene rings is 2. The molecule has 6 aromatic rings. The van der Waals surface area contributed by atoms with Gasteiger partial charge in [0.25, 0.3) is 17.9 Å². The van der Waals surface area contributed by atoms with E-state index in [-0.39, 0.29) is 61.9 Å². The number of hydrogen-bond acceptors (Lipinski definition) is 9. The van der Waals surface area contributed by atoms with Crippen molar-refractivity contribution >= 4 is 55.3 Å². The van der Waals surface area contributed by atoms with Crippen molar-refractivity contribution in [3.63, 3.8) is 0 Å². The Morgan fingerprint density at radius 2 is 1.79 bits per heavy atom. The number of nitrogens with zero attached hydrogens (tertiary/aromatic N) is 7. The van der Waals surface area contributed by atoms with Gasteiger partial charge in [-0.25, -0.2) is 39.7 Å². The van der Waals surface area contributed by atoms with Crippen LogP contribution in [0.15, 0.2) is 47.3 Å². The average molecular weight is 914 g/mol. The maximum Gasteiger partial charge on any atom is 0.293 e. The summed E-state index contributed by atoms with van der Waals surface area (Å²) in [5, 5.41) is 10.2. The molecule has 0 radical (unpaired) electrons. The largest absolute Gasteiger partial charge is 0.477 e. The monoisotopic (exact) mass is 913 g/mol. The highest BCUT2D eigenvalue weighted by Crippen LogP contribution is 2.68. The third-order valence-electron chi connectivity index (χ3n) is 10.4. The molecule has 3 unspecified atom stereocenters. The van der Waals surface area contributed by atoms with Crippen LogP contribution < -0.4 is 20.3 Å². The fraction of sp³-hybridized carbons (Fsp3) is 0.368. The van der Waals surface area contributed by atoms with Crippen molar-refractivity contribution in [1.29, 1.82) is 0 Å². The van der Waals surface area contributed by atoms with Crippen molar-refractivity contribution in [3.8, 4) is 11.6 Å². The predicted octanol–water partition coefficient (Wildman–Crippen LogP) is 6.84. The molecule has 0 bridgehead atoms. The molecule has 1 amide bonds. The number of anilines is 1. The molecule has 2 N–H and O–H groups in total. The normalized spacial score (nSPS) is 17.4. The van der Waals surface area contributed by atoms with Gasteiger partial charge in [-0.1, -0.05) is 11.6 Å². The van der Waals surface area contributed by atoms with Crippen LogP contribution in [0.3, 0.4) is 0 Å². The van der Waals surface area contributed by atoms with Gasteiger partial charge in [0.2, 0.25) is 27.7 Å². The molecule has 1 fully saturated rings. The van der Waals surface area contributed by atoms with Crippen molar-refractivity contribution in [1.82, 2.24) is 39.4 Å². The molecular formula is C38H32ClF8N9O5S. The minimum atomic E-state index is -3.96. The predicted molar refractivity (Wildman–Crippen MR) is 206 cm³/mol. The minimum absolute atomic E-state index is 0.00114. The Hall–Kier alpha value is -5.84. The number of aryl methyl sites for hydroxylation is 1. The summed E-state index contributed by atoms with van der Waals surface area (Å²) in [6.07, 6.45) is -3.70. The molecule has 3 atom stereocenters. The second-order valence-electron chi connectivity index (χ2n) is 15.2. The van der Waals surface area contributed by atoms with E-state index in [0.29, 0.717) is 17.7 Å². The fourth-order valence-corrected chi connectivity index (χ4v) is 8.59. The molecule has 8 rings (SSSR count). The molecule has 4 aromatic heterocycles. The van der Waals surface area contributed by atoms with Gasteiger partial charge in [-0.05, 0) is 55.2 Å². The van der Waals surface area contributed by atoms with Gasteiger partial charge in [-0.15, -0.1) is 0 Å². The van der Waals surface area contributed by atoms with E-state index in [1.165, 1.54) is 36.0 Å². The standard InChI is InChI=1S/C38H32ClF8N9O5S/c1-37(44,45)8-9-61-26-7-4-19-33(49-26)50-35(56(36(19)58)24-6-5-22(39)28-30(24)54(2)52-34(28)53-62(3,59)60)23(12-16-10-17(40)13-18(41)11-16)48-25(57)15-55-31-27(29(51-55)32(42)43)20-14-21(20)38(31,46)47/h4-7,10-11,13,20-21,23,32H,8-9,12,14-15H2,1-3H3,(H,48,57)(H,52,53). The third kappa shape index (κ3) is 8.02. The summed E-state index contributed by atoms with van der Waals surface area (Å²) >= 11 is 6.57. The zero-order chi connectivity index (χ0) is 44.8. The summed E-state index contributed by atoms with van der Waals surface area (Å²) in [4.78, 5) is 37.6. The Morgan fingerprint density at radius 3 is 2.45 bits per heavy atom. The number of nitrogens with one attached hydrogen (secondary N) is 2. The summed E-state index contributed by atoms with van der Waals surface area (Å²) in [5.74, 6) is -12.9. The number of pyridine rings is 1. The maximum atomic E-state index is 15.5. The fourth-order valence-electron chi connectivity index (χ4n) is 7.86. The first kappa shape index (κ1) is 42.8. The van der Waals surface area contributed by atoms with E-state index in [0.717, 1.165) is 23.0 Å². The van der Waals surface area contributed by atoms with Gasteiger partial charge in [0.05, 0.1) is 45.9 Å². The van der Waals surface area contributed by atoms with E-state index < -0.39 is 112 Å². The van der Waals surface area contributed by atoms with Crippen LogP contribution in [0.25, 0.3) is 27.6 Å². The molecule has 4 heterocycles. The second kappa shape index (κ2) is 15.2. The van der Waals surface area contributed by atoms with E-state index in [1.807, 2.05) is 0 Å². The molecular weight excluding hydrogens is 882 g/mol. The van der Waals surface area contributed by atoms with Crippen LogP contribution >= 0.6 is 11.6 Å². The van der Waals surface area contributed by atoms with Crippen molar-refractivity contribution in [3.05, 3.63) is 97.8 Å². The van der Waals surface area contributed by atoms with Gasteiger partial charge in [-0.2, -0.15) is 24.0 Å². The smallest absolute Gasteiger partial charge is 0.293 e. The topological polar surface area (TPSA) is 168 Å². The molecule has 62 heavy (non-hydrogen) atoms. The Balaban J connectivity index is 1.32. The molecule has 0 aliphatic heterocycles. The highest BCUT2D eigenvalue weighted by Gasteiger charge is 2.67. The van der Waals surface area contributed by atoms with Crippen LogP contribution in [0.1, 0.15) is 66.5 Å². The van der Waals surface area contributed by atoms with E-state index in [4.69, 9.17) is 16.3 Å². The van der Waals surface area contributed by atoms with Gasteiger partial charge in [0.15, 0.2) is 11.5 Å². The SMILES string of the molecule is Cn1nc(NS(C)(=O)=O)c2c(Cl)ccc(-n3c(C(Cc4cc(F)cc(F)c4)NC(=O)Cn4nc(C(F)F)c5c4C(F)(F)C4CC54)nc4nc(OCCC(C)(F)F)ccc4c3=O)c21. The number of hydrogen-bond donors (Lipinski definition) is 2. The van der Waals surface area contributed by atoms with Crippen LogP contribution in [0.2, 0.25) is 5.02 Å². The number of fused-ring (bicyclic) bond motifs is 5. The number of ether oxygens (including phenoxy) is 1. The zero-order valence-corrected chi connectivity index (χ0v) is 33.9. The first-order valence-electron chi connectivity index (χ1n) is 18.6. The van der Waals surface area contributed by atoms with E-state index >= 15 is 8.78 Å². The molecule has 0 saturated heterocycles. The molecule has 2 aromatic carbocycles. The molecule has 328 valence electrons. The average Bonchev–Trinajstić information content (AvgIpc) is 3.69. The second-order valence-corrected chi connectivity index (χ2v) is 17.4. The van der Waals surface area contributed by atoms with Crippen molar-refractivity contribution in [2.24, 2.45) is 13.0 Å². The Morgan fingerprint density at radius 1 is 1.08 bits per heavy atom. The minimum Gasteiger partial charge on any atom is -0.477 e. The number of aromatic nitrogens is 7.